The molecule has 1 fully saturated rings. The highest BCUT2D eigenvalue weighted by molar-refractivity contribution is 6.47. The molecule has 2 unspecified atom stereocenters. The number of halogens is 1. The number of nitrogens with one attached hydrogen (secondary N) is 1. The number of hydrogen-bond donors (Lipinski definition) is 1. The van der Waals surface area contributed by atoms with Gasteiger partial charge in [0, 0.05) is 62.1 Å². The average molecular weight is 712 g/mol. The lowest BCUT2D eigenvalue weighted by molar-refractivity contribution is -0.117. The predicted molar refractivity (Wildman–Crippen MR) is 196 cm³/mol. The van der Waals surface area contributed by atoms with Gasteiger partial charge in [0.15, 0.2) is 41.2 Å². The van der Waals surface area contributed by atoms with Gasteiger partial charge in [-0.1, -0.05) is 17.7 Å². The van der Waals surface area contributed by atoms with Crippen molar-refractivity contribution < 1.29 is 33.0 Å². The number of carbonyl (C=O) groups excluding carboxylic acids is 3. The fraction of sp³-hybridized carbons (Fsp3) is 0.342. The standard InChI is InChI=1S/C38H42FN7O6/c1-25-6-9-27(10-7-25)46-36(24-48)44(3)31(23-47)37(42-46)38(49)41-26-8-11-33(29(39)20-26)52-32-12-13-40-30-22-35(34(50-4)21-28(30)32)51-19-5-14-45-17-15-43(2)16-18-45/h6-13,20-24,31,36H,5,14-19H2,1-4H3,(H,41,49). The summed E-state index contributed by atoms with van der Waals surface area (Å²) >= 11 is 0. The summed E-state index contributed by atoms with van der Waals surface area (Å²) < 4.78 is 33.2. The highest BCUT2D eigenvalue weighted by Crippen LogP contribution is 2.38. The minimum Gasteiger partial charge on any atom is -0.493 e. The molecule has 0 bridgehead atoms. The van der Waals surface area contributed by atoms with Crippen LogP contribution in [-0.4, -0.2) is 117 Å². The minimum atomic E-state index is -1.12. The van der Waals surface area contributed by atoms with Crippen LogP contribution in [-0.2, 0) is 14.4 Å². The molecule has 0 spiro atoms. The Morgan fingerprint density at radius 1 is 0.942 bits per heavy atom. The number of fused-ring (bicyclic) bond motifs is 1. The molecule has 6 rings (SSSR count). The normalized spacial score (nSPS) is 18.5. The number of hydrazone groups is 1. The zero-order chi connectivity index (χ0) is 36.8. The second kappa shape index (κ2) is 16.3. The Hall–Kier alpha value is -5.44. The Morgan fingerprint density at radius 2 is 1.71 bits per heavy atom. The van der Waals surface area contributed by atoms with Crippen molar-refractivity contribution in [2.24, 2.45) is 5.10 Å². The maximum Gasteiger partial charge on any atom is 0.274 e. The molecule has 0 saturated carbocycles. The maximum absolute atomic E-state index is 15.5. The Balaban J connectivity index is 1.15. The number of aldehydes is 2. The molecular formula is C38H42FN7O6. The van der Waals surface area contributed by atoms with Crippen LogP contribution in [0.25, 0.3) is 10.9 Å². The molecular weight excluding hydrogens is 669 g/mol. The third kappa shape index (κ3) is 8.04. The van der Waals surface area contributed by atoms with Gasteiger partial charge in [-0.2, -0.15) is 5.10 Å². The highest BCUT2D eigenvalue weighted by atomic mass is 19.1. The lowest BCUT2D eigenvalue weighted by Gasteiger charge is -2.40. The quantitative estimate of drug-likeness (QED) is 0.157. The first-order chi connectivity index (χ1) is 25.2. The van der Waals surface area contributed by atoms with E-state index in [2.05, 4.69) is 32.2 Å². The Kier molecular flexibility index (Phi) is 11.4. The minimum absolute atomic E-state index is 0.0893. The van der Waals surface area contributed by atoms with Crippen LogP contribution in [0.5, 0.6) is 23.0 Å². The fourth-order valence-electron chi connectivity index (χ4n) is 6.17. The van der Waals surface area contributed by atoms with Gasteiger partial charge in [-0.05, 0) is 63.8 Å². The number of ether oxygens (including phenoxy) is 3. The summed E-state index contributed by atoms with van der Waals surface area (Å²) in [6.45, 7) is 7.62. The van der Waals surface area contributed by atoms with Crippen LogP contribution in [0.1, 0.15) is 12.0 Å². The molecule has 272 valence electrons. The summed E-state index contributed by atoms with van der Waals surface area (Å²) in [5.41, 5.74) is 2.08. The van der Waals surface area contributed by atoms with Gasteiger partial charge in [-0.25, -0.2) is 9.40 Å². The summed E-state index contributed by atoms with van der Waals surface area (Å²) in [5.74, 6) is -0.175. The van der Waals surface area contributed by atoms with Gasteiger partial charge in [0.05, 0.1) is 24.9 Å². The van der Waals surface area contributed by atoms with Gasteiger partial charge < -0.3 is 34.1 Å². The number of likely N-dealkylation sites (N-methyl/N-ethyl adjacent to an activating group) is 2. The van der Waals surface area contributed by atoms with E-state index in [1.54, 1.807) is 50.7 Å². The molecule has 4 aromatic rings. The van der Waals surface area contributed by atoms with Crippen LogP contribution in [0.4, 0.5) is 15.8 Å². The Bertz CT molecular complexity index is 1950. The van der Waals surface area contributed by atoms with Crippen molar-refractivity contribution in [3.63, 3.8) is 0 Å². The summed E-state index contributed by atoms with van der Waals surface area (Å²) in [4.78, 5) is 48.3. The number of benzene rings is 3. The largest absolute Gasteiger partial charge is 0.493 e. The third-order valence-electron chi connectivity index (χ3n) is 9.25. The molecule has 1 amide bonds. The SMILES string of the molecule is COc1cc2c(Oc3ccc(NC(=O)C4=NN(c5ccc(C)cc5)C(C=O)N(C)C4C=O)cc3F)ccnc2cc1OCCCN1CCN(C)CC1. The van der Waals surface area contributed by atoms with Gasteiger partial charge in [0.25, 0.3) is 5.91 Å². The highest BCUT2D eigenvalue weighted by Gasteiger charge is 2.39. The molecule has 2 atom stereocenters. The monoisotopic (exact) mass is 711 g/mol. The van der Waals surface area contributed by atoms with Crippen LogP contribution in [0.15, 0.2) is 72.0 Å². The van der Waals surface area contributed by atoms with Crippen molar-refractivity contribution >= 4 is 46.5 Å². The van der Waals surface area contributed by atoms with Crippen LogP contribution in [0, 0.1) is 12.7 Å². The molecule has 3 heterocycles. The molecule has 1 N–H and O–H groups in total. The van der Waals surface area contributed by atoms with E-state index in [-0.39, 0.29) is 17.1 Å². The number of pyridine rings is 1. The molecule has 0 radical (unpaired) electrons. The van der Waals surface area contributed by atoms with Gasteiger partial charge >= 0.3 is 0 Å². The first-order valence-corrected chi connectivity index (χ1v) is 17.0. The number of methoxy groups -OCH3 is 1. The number of hydrogen-bond acceptors (Lipinski definition) is 12. The maximum atomic E-state index is 15.5. The van der Waals surface area contributed by atoms with Crippen LogP contribution < -0.4 is 24.5 Å². The molecule has 14 heteroatoms. The van der Waals surface area contributed by atoms with Crippen molar-refractivity contribution in [3.8, 4) is 23.0 Å². The molecule has 1 aromatic heterocycles. The number of amides is 1. The molecule has 0 aliphatic carbocycles. The molecule has 2 aliphatic rings. The second-order valence-corrected chi connectivity index (χ2v) is 12.8. The number of anilines is 2. The van der Waals surface area contributed by atoms with Crippen LogP contribution in [0.3, 0.4) is 0 Å². The van der Waals surface area contributed by atoms with E-state index >= 15 is 4.39 Å². The van der Waals surface area contributed by atoms with Crippen LogP contribution >= 0.6 is 0 Å². The number of aromatic nitrogens is 1. The lowest BCUT2D eigenvalue weighted by atomic mass is 10.1. The number of piperazine rings is 1. The average Bonchev–Trinajstić information content (AvgIpc) is 3.14. The first kappa shape index (κ1) is 36.4. The van der Waals surface area contributed by atoms with Crippen molar-refractivity contribution in [2.45, 2.75) is 25.6 Å². The summed E-state index contributed by atoms with van der Waals surface area (Å²) in [6, 6.07) is 15.2. The zero-order valence-electron chi connectivity index (χ0n) is 29.6. The van der Waals surface area contributed by atoms with Gasteiger partial charge in [-0.3, -0.25) is 19.5 Å². The Labute approximate surface area is 301 Å². The van der Waals surface area contributed by atoms with Gasteiger partial charge in [0.1, 0.15) is 18.1 Å². The zero-order valence-corrected chi connectivity index (χ0v) is 29.6. The number of nitrogens with zero attached hydrogens (tertiary/aromatic N) is 6. The summed E-state index contributed by atoms with van der Waals surface area (Å²) in [7, 11) is 5.24. The lowest BCUT2D eigenvalue weighted by Crippen LogP contribution is -2.60. The van der Waals surface area contributed by atoms with Gasteiger partial charge in [-0.15, -0.1) is 0 Å². The van der Waals surface area contributed by atoms with Crippen molar-refractivity contribution in [1.82, 2.24) is 19.7 Å². The van der Waals surface area contributed by atoms with Crippen molar-refractivity contribution in [1.29, 1.82) is 0 Å². The second-order valence-electron chi connectivity index (χ2n) is 12.8. The topological polar surface area (TPSA) is 129 Å². The Morgan fingerprint density at radius 3 is 2.40 bits per heavy atom. The summed E-state index contributed by atoms with van der Waals surface area (Å²) in [5, 5.41) is 8.99. The van der Waals surface area contributed by atoms with E-state index in [4.69, 9.17) is 14.2 Å². The number of aryl methyl sites for hydroxylation is 1. The fourth-order valence-corrected chi connectivity index (χ4v) is 6.17. The smallest absolute Gasteiger partial charge is 0.274 e. The van der Waals surface area contributed by atoms with Crippen molar-refractivity contribution in [3.05, 3.63) is 78.2 Å². The molecule has 3 aromatic carbocycles. The van der Waals surface area contributed by atoms with Crippen molar-refractivity contribution in [2.75, 3.05) is 70.9 Å². The van der Waals surface area contributed by atoms with E-state index in [9.17, 15) is 14.4 Å². The third-order valence-corrected chi connectivity index (χ3v) is 9.25. The molecule has 13 nitrogen and oxygen atoms in total. The van der Waals surface area contributed by atoms with E-state index in [0.29, 0.717) is 53.0 Å². The first-order valence-electron chi connectivity index (χ1n) is 17.0. The van der Waals surface area contributed by atoms with Crippen LogP contribution in [0.2, 0.25) is 0 Å². The number of carbonyl (C=O) groups is 3. The molecule has 1 saturated heterocycles. The predicted octanol–water partition coefficient (Wildman–Crippen LogP) is 4.34. The molecule has 52 heavy (non-hydrogen) atoms. The van der Waals surface area contributed by atoms with E-state index in [1.807, 2.05) is 19.1 Å². The van der Waals surface area contributed by atoms with E-state index in [1.165, 1.54) is 22.0 Å². The number of rotatable bonds is 13. The molecule has 2 aliphatic heterocycles. The van der Waals surface area contributed by atoms with E-state index in [0.717, 1.165) is 50.8 Å². The summed E-state index contributed by atoms with van der Waals surface area (Å²) in [6.07, 6.45) is 2.69. The van der Waals surface area contributed by atoms with E-state index < -0.39 is 23.9 Å². The van der Waals surface area contributed by atoms with Gasteiger partial charge in [0.2, 0.25) is 0 Å².